The molecule has 0 radical (unpaired) electrons. The monoisotopic (exact) mass is 244 g/mol. The van der Waals surface area contributed by atoms with Crippen molar-refractivity contribution in [3.8, 4) is 11.1 Å². The third-order valence-electron chi connectivity index (χ3n) is 2.82. The molecule has 0 saturated heterocycles. The molecule has 92 valence electrons. The van der Waals surface area contributed by atoms with Gasteiger partial charge in [-0.1, -0.05) is 42.5 Å². The fourth-order valence-corrected chi connectivity index (χ4v) is 1.88. The maximum atomic E-state index is 14.1. The number of hydrogen-bond acceptors (Lipinski definition) is 2. The number of rotatable bonds is 4. The van der Waals surface area contributed by atoms with Crippen molar-refractivity contribution < 1.29 is 13.9 Å². The molecule has 18 heavy (non-hydrogen) atoms. The summed E-state index contributed by atoms with van der Waals surface area (Å²) in [5, 5.41) is 0. The molecule has 0 atom stereocenters. The van der Waals surface area contributed by atoms with Gasteiger partial charge in [0.15, 0.2) is 0 Å². The minimum absolute atomic E-state index is 0.0543. The molecule has 0 aliphatic rings. The quantitative estimate of drug-likeness (QED) is 0.770. The molecule has 0 aliphatic carbocycles. The van der Waals surface area contributed by atoms with Crippen molar-refractivity contribution in [3.05, 3.63) is 59.4 Å². The zero-order chi connectivity index (χ0) is 13.0. The number of hydrogen-bond donors (Lipinski definition) is 0. The number of carbonyl (C=O) groups is 1. The van der Waals surface area contributed by atoms with E-state index in [1.807, 2.05) is 36.4 Å². The smallest absolute Gasteiger partial charge is 0.293 e. The average molecular weight is 244 g/mol. The largest absolute Gasteiger partial charge is 0.463 e. The third-order valence-corrected chi connectivity index (χ3v) is 2.82. The van der Waals surface area contributed by atoms with E-state index in [9.17, 15) is 9.18 Å². The zero-order valence-corrected chi connectivity index (χ0v) is 10.0. The summed E-state index contributed by atoms with van der Waals surface area (Å²) in [6, 6.07) is 13.0. The van der Waals surface area contributed by atoms with E-state index >= 15 is 0 Å². The highest BCUT2D eigenvalue weighted by Gasteiger charge is 2.12. The van der Waals surface area contributed by atoms with E-state index in [1.54, 1.807) is 13.0 Å². The molecule has 2 rings (SSSR count). The highest BCUT2D eigenvalue weighted by atomic mass is 19.1. The second-order valence-corrected chi connectivity index (χ2v) is 4.00. The second-order valence-electron chi connectivity index (χ2n) is 4.00. The highest BCUT2D eigenvalue weighted by molar-refractivity contribution is 5.68. The molecule has 0 spiro atoms. The predicted octanol–water partition coefficient (Wildman–Crippen LogP) is 3.47. The van der Waals surface area contributed by atoms with Gasteiger partial charge in [0.25, 0.3) is 6.47 Å². The van der Waals surface area contributed by atoms with Gasteiger partial charge in [0.05, 0.1) is 0 Å². The summed E-state index contributed by atoms with van der Waals surface area (Å²) in [7, 11) is 0. The van der Waals surface area contributed by atoms with Gasteiger partial charge in [-0.15, -0.1) is 0 Å². The van der Waals surface area contributed by atoms with E-state index in [0.29, 0.717) is 17.6 Å². The lowest BCUT2D eigenvalue weighted by Gasteiger charge is -2.11. The fraction of sp³-hybridized carbons (Fsp3) is 0.133. The molecule has 0 heterocycles. The van der Waals surface area contributed by atoms with Gasteiger partial charge in [-0.2, -0.15) is 0 Å². The Kier molecular flexibility index (Phi) is 3.72. The minimum atomic E-state index is -0.321. The van der Waals surface area contributed by atoms with E-state index in [-0.39, 0.29) is 12.4 Å². The van der Waals surface area contributed by atoms with Gasteiger partial charge in [0, 0.05) is 5.56 Å². The molecule has 0 saturated carbocycles. The van der Waals surface area contributed by atoms with Crippen molar-refractivity contribution in [1.82, 2.24) is 0 Å². The number of ether oxygens (including phenoxy) is 1. The van der Waals surface area contributed by atoms with Crippen LogP contribution in [-0.2, 0) is 16.1 Å². The summed E-state index contributed by atoms with van der Waals surface area (Å²) in [4.78, 5) is 10.3. The van der Waals surface area contributed by atoms with Gasteiger partial charge in [-0.25, -0.2) is 4.39 Å². The fourth-order valence-electron chi connectivity index (χ4n) is 1.88. The molecule has 2 aromatic carbocycles. The Bertz CT molecular complexity index is 550. The summed E-state index contributed by atoms with van der Waals surface area (Å²) >= 11 is 0. The van der Waals surface area contributed by atoms with Gasteiger partial charge >= 0.3 is 0 Å². The van der Waals surface area contributed by atoms with Crippen LogP contribution < -0.4 is 0 Å². The summed E-state index contributed by atoms with van der Waals surface area (Å²) in [5.41, 5.74) is 2.61. The Labute approximate surface area is 105 Å². The Morgan fingerprint density at radius 2 is 1.89 bits per heavy atom. The molecular formula is C15H13FO2. The van der Waals surface area contributed by atoms with Crippen LogP contribution in [-0.4, -0.2) is 6.47 Å². The van der Waals surface area contributed by atoms with Crippen LogP contribution >= 0.6 is 0 Å². The molecule has 3 heteroatoms. The number of carbonyl (C=O) groups excluding carboxylic acids is 1. The van der Waals surface area contributed by atoms with Crippen molar-refractivity contribution in [2.75, 3.05) is 0 Å². The predicted molar refractivity (Wildman–Crippen MR) is 67.4 cm³/mol. The maximum absolute atomic E-state index is 14.1. The lowest BCUT2D eigenvalue weighted by atomic mass is 9.97. The summed E-state index contributed by atoms with van der Waals surface area (Å²) < 4.78 is 18.8. The topological polar surface area (TPSA) is 26.3 Å². The van der Waals surface area contributed by atoms with Crippen LogP contribution in [0.1, 0.15) is 11.1 Å². The molecule has 0 aliphatic heterocycles. The summed E-state index contributed by atoms with van der Waals surface area (Å²) in [6.45, 7) is 1.96. The Morgan fingerprint density at radius 3 is 2.56 bits per heavy atom. The van der Waals surface area contributed by atoms with Gasteiger partial charge < -0.3 is 4.74 Å². The molecule has 2 nitrogen and oxygen atoms in total. The summed E-state index contributed by atoms with van der Waals surface area (Å²) in [5.74, 6) is -0.321. The Hall–Kier alpha value is -2.16. The number of halogens is 1. The molecule has 0 amide bonds. The lowest BCUT2D eigenvalue weighted by molar-refractivity contribution is -0.129. The van der Waals surface area contributed by atoms with Crippen LogP contribution in [0.4, 0.5) is 4.39 Å². The zero-order valence-electron chi connectivity index (χ0n) is 10.0. The van der Waals surface area contributed by atoms with Crippen LogP contribution in [0.5, 0.6) is 0 Å². The third kappa shape index (κ3) is 2.40. The first-order valence-corrected chi connectivity index (χ1v) is 5.62. The van der Waals surface area contributed by atoms with Gasteiger partial charge in [0.1, 0.15) is 12.4 Å². The SMILES string of the molecule is Cc1ccc(-c2ccccc2)c(COC=O)c1F. The van der Waals surface area contributed by atoms with E-state index in [1.165, 1.54) is 0 Å². The van der Waals surface area contributed by atoms with Gasteiger partial charge in [-0.05, 0) is 23.6 Å². The van der Waals surface area contributed by atoms with Crippen molar-refractivity contribution in [1.29, 1.82) is 0 Å². The van der Waals surface area contributed by atoms with Crippen molar-refractivity contribution in [2.24, 2.45) is 0 Å². The van der Waals surface area contributed by atoms with Crippen LogP contribution in [0.2, 0.25) is 0 Å². The molecular weight excluding hydrogens is 231 g/mol. The normalized spacial score (nSPS) is 10.1. The summed E-state index contributed by atoms with van der Waals surface area (Å²) in [6.07, 6.45) is 0. The second kappa shape index (κ2) is 5.45. The first kappa shape index (κ1) is 12.3. The Balaban J connectivity index is 2.53. The Morgan fingerprint density at radius 1 is 1.17 bits per heavy atom. The number of aryl methyl sites for hydroxylation is 1. The van der Waals surface area contributed by atoms with Gasteiger partial charge in [0.2, 0.25) is 0 Å². The number of benzene rings is 2. The van der Waals surface area contributed by atoms with Crippen molar-refractivity contribution in [2.45, 2.75) is 13.5 Å². The average Bonchev–Trinajstić information content (AvgIpc) is 2.41. The standard InChI is InChI=1S/C15H13FO2/c1-11-7-8-13(12-5-3-2-4-6-12)14(15(11)16)9-18-10-17/h2-8,10H,9H2,1H3. The lowest BCUT2D eigenvalue weighted by Crippen LogP contribution is -2.00. The first-order chi connectivity index (χ1) is 8.74. The minimum Gasteiger partial charge on any atom is -0.463 e. The van der Waals surface area contributed by atoms with E-state index in [4.69, 9.17) is 4.74 Å². The van der Waals surface area contributed by atoms with E-state index < -0.39 is 0 Å². The van der Waals surface area contributed by atoms with Crippen LogP contribution in [0.15, 0.2) is 42.5 Å². The van der Waals surface area contributed by atoms with E-state index in [2.05, 4.69) is 0 Å². The van der Waals surface area contributed by atoms with Crippen LogP contribution in [0.3, 0.4) is 0 Å². The van der Waals surface area contributed by atoms with Crippen LogP contribution in [0, 0.1) is 12.7 Å². The molecule has 0 fully saturated rings. The first-order valence-electron chi connectivity index (χ1n) is 5.62. The van der Waals surface area contributed by atoms with Crippen molar-refractivity contribution in [3.63, 3.8) is 0 Å². The molecule has 0 aromatic heterocycles. The van der Waals surface area contributed by atoms with Gasteiger partial charge in [-0.3, -0.25) is 4.79 Å². The molecule has 2 aromatic rings. The maximum Gasteiger partial charge on any atom is 0.293 e. The van der Waals surface area contributed by atoms with Crippen molar-refractivity contribution >= 4 is 6.47 Å². The molecule has 0 bridgehead atoms. The molecule has 0 N–H and O–H groups in total. The van der Waals surface area contributed by atoms with Crippen LogP contribution in [0.25, 0.3) is 11.1 Å². The van der Waals surface area contributed by atoms with E-state index in [0.717, 1.165) is 11.1 Å². The molecule has 0 unspecified atom stereocenters. The highest BCUT2D eigenvalue weighted by Crippen LogP contribution is 2.27.